The van der Waals surface area contributed by atoms with E-state index in [-0.39, 0.29) is 17.4 Å². The second-order valence-electron chi connectivity index (χ2n) is 5.71. The van der Waals surface area contributed by atoms with Crippen LogP contribution in [0.3, 0.4) is 0 Å². The minimum atomic E-state index is -1.08. The third kappa shape index (κ3) is 3.95. The first kappa shape index (κ1) is 17.6. The van der Waals surface area contributed by atoms with E-state index in [1.165, 1.54) is 18.2 Å². The van der Waals surface area contributed by atoms with Crippen LogP contribution in [0.1, 0.15) is 53.0 Å². The van der Waals surface area contributed by atoms with E-state index in [1.807, 2.05) is 27.7 Å². The molecule has 0 spiro atoms. The topological polar surface area (TPSA) is 88.8 Å². The van der Waals surface area contributed by atoms with Crippen LogP contribution in [-0.2, 0) is 6.42 Å². The van der Waals surface area contributed by atoms with Gasteiger partial charge in [-0.3, -0.25) is 4.79 Å². The maximum absolute atomic E-state index is 12.4. The zero-order valence-electron chi connectivity index (χ0n) is 14.2. The molecule has 1 heterocycles. The van der Waals surface area contributed by atoms with Crippen molar-refractivity contribution in [2.75, 3.05) is 5.32 Å². The number of carbonyl (C=O) groups excluding carboxylic acids is 1. The third-order valence-electron chi connectivity index (χ3n) is 3.40. The van der Waals surface area contributed by atoms with Gasteiger partial charge in [0.25, 0.3) is 5.91 Å². The number of hydrogen-bond donors (Lipinski definition) is 2. The molecule has 0 saturated carbocycles. The number of carboxylic acid groups (broad SMARTS) is 1. The van der Waals surface area contributed by atoms with E-state index >= 15 is 0 Å². The summed E-state index contributed by atoms with van der Waals surface area (Å²) in [6.07, 6.45) is 0.573. The van der Waals surface area contributed by atoms with Crippen LogP contribution in [0.4, 0.5) is 5.69 Å². The van der Waals surface area contributed by atoms with Gasteiger partial charge in [0.1, 0.15) is 11.5 Å². The first-order valence-corrected chi connectivity index (χ1v) is 7.76. The average Bonchev–Trinajstić information content (AvgIpc) is 2.89. The molecule has 24 heavy (non-hydrogen) atoms. The fourth-order valence-electron chi connectivity index (χ4n) is 2.28. The number of amides is 1. The first-order chi connectivity index (χ1) is 11.3. The van der Waals surface area contributed by atoms with Crippen LogP contribution < -0.4 is 10.1 Å². The van der Waals surface area contributed by atoms with E-state index in [0.29, 0.717) is 17.9 Å². The Bertz CT molecular complexity index is 761. The van der Waals surface area contributed by atoms with Crippen molar-refractivity contribution in [1.82, 2.24) is 0 Å². The molecule has 0 atom stereocenters. The monoisotopic (exact) mass is 331 g/mol. The first-order valence-electron chi connectivity index (χ1n) is 7.76. The van der Waals surface area contributed by atoms with Gasteiger partial charge in [-0.15, -0.1) is 0 Å². The van der Waals surface area contributed by atoms with E-state index in [9.17, 15) is 9.59 Å². The Labute approximate surface area is 140 Å². The van der Waals surface area contributed by atoms with E-state index in [0.717, 1.165) is 11.3 Å². The lowest BCUT2D eigenvalue weighted by Gasteiger charge is -2.15. The van der Waals surface area contributed by atoms with Gasteiger partial charge in [0.2, 0.25) is 0 Å². The fourth-order valence-corrected chi connectivity index (χ4v) is 2.28. The van der Waals surface area contributed by atoms with Crippen molar-refractivity contribution in [2.45, 2.75) is 40.2 Å². The highest BCUT2D eigenvalue weighted by molar-refractivity contribution is 6.04. The lowest BCUT2D eigenvalue weighted by atomic mass is 10.1. The van der Waals surface area contributed by atoms with Crippen LogP contribution >= 0.6 is 0 Å². The summed E-state index contributed by atoms with van der Waals surface area (Å²) < 4.78 is 11.2. The Kier molecular flexibility index (Phi) is 5.28. The lowest BCUT2D eigenvalue weighted by Crippen LogP contribution is -2.14. The predicted molar refractivity (Wildman–Crippen MR) is 89.9 cm³/mol. The van der Waals surface area contributed by atoms with Gasteiger partial charge >= 0.3 is 5.97 Å². The predicted octanol–water partition coefficient (Wildman–Crippen LogP) is 3.89. The number of hydrogen-bond acceptors (Lipinski definition) is 4. The quantitative estimate of drug-likeness (QED) is 0.838. The highest BCUT2D eigenvalue weighted by Crippen LogP contribution is 2.28. The van der Waals surface area contributed by atoms with Crippen LogP contribution in [-0.4, -0.2) is 23.1 Å². The normalized spacial score (nSPS) is 10.7. The zero-order chi connectivity index (χ0) is 17.9. The number of benzene rings is 1. The number of aryl methyl sites for hydroxylation is 2. The number of rotatable bonds is 6. The van der Waals surface area contributed by atoms with Crippen LogP contribution in [0, 0.1) is 6.92 Å². The number of carbonyl (C=O) groups is 2. The molecule has 0 aliphatic rings. The molecule has 1 aromatic carbocycles. The molecule has 2 rings (SSSR count). The molecule has 2 aromatic rings. The smallest absolute Gasteiger partial charge is 0.335 e. The van der Waals surface area contributed by atoms with Gasteiger partial charge in [0.15, 0.2) is 5.76 Å². The summed E-state index contributed by atoms with van der Waals surface area (Å²) >= 11 is 0. The lowest BCUT2D eigenvalue weighted by molar-refractivity contribution is 0.0696. The summed E-state index contributed by atoms with van der Waals surface area (Å²) in [6, 6.07) is 6.00. The van der Waals surface area contributed by atoms with Crippen molar-refractivity contribution in [3.63, 3.8) is 0 Å². The third-order valence-corrected chi connectivity index (χ3v) is 3.40. The molecule has 0 aliphatic heterocycles. The molecule has 6 heteroatoms. The van der Waals surface area contributed by atoms with Crippen molar-refractivity contribution in [1.29, 1.82) is 0 Å². The second kappa shape index (κ2) is 7.21. The van der Waals surface area contributed by atoms with E-state index in [2.05, 4.69) is 5.32 Å². The summed E-state index contributed by atoms with van der Waals surface area (Å²) in [6.45, 7) is 7.51. The molecule has 0 aliphatic carbocycles. The Morgan fingerprint density at radius 1 is 1.29 bits per heavy atom. The van der Waals surface area contributed by atoms with Gasteiger partial charge in [-0.2, -0.15) is 0 Å². The minimum absolute atomic E-state index is 0.0614. The summed E-state index contributed by atoms with van der Waals surface area (Å²) in [5.41, 5.74) is 1.26. The maximum atomic E-state index is 12.4. The molecule has 0 radical (unpaired) electrons. The Morgan fingerprint density at radius 2 is 2.00 bits per heavy atom. The molecule has 0 saturated heterocycles. The van der Waals surface area contributed by atoms with E-state index in [1.54, 1.807) is 6.07 Å². The van der Waals surface area contributed by atoms with Gasteiger partial charge in [-0.05, 0) is 50.6 Å². The van der Waals surface area contributed by atoms with Gasteiger partial charge in [-0.25, -0.2) is 4.79 Å². The number of furan rings is 1. The van der Waals surface area contributed by atoms with Crippen molar-refractivity contribution < 1.29 is 23.8 Å². The molecule has 0 unspecified atom stereocenters. The summed E-state index contributed by atoms with van der Waals surface area (Å²) in [5.74, 6) is -0.196. The van der Waals surface area contributed by atoms with Crippen molar-refractivity contribution in [3.05, 3.63) is 46.9 Å². The molecule has 6 nitrogen and oxygen atoms in total. The molecule has 0 bridgehead atoms. The number of aromatic carboxylic acids is 1. The highest BCUT2D eigenvalue weighted by Gasteiger charge is 2.17. The zero-order valence-corrected chi connectivity index (χ0v) is 14.2. The number of ether oxygens (including phenoxy) is 1. The Balaban J connectivity index is 2.32. The Hall–Kier alpha value is -2.76. The molecule has 1 aromatic heterocycles. The molecule has 128 valence electrons. The molecule has 1 amide bonds. The summed E-state index contributed by atoms with van der Waals surface area (Å²) in [4.78, 5) is 23.6. The van der Waals surface area contributed by atoms with Crippen LogP contribution in [0.25, 0.3) is 0 Å². The second-order valence-corrected chi connectivity index (χ2v) is 5.71. The molecule has 0 fully saturated rings. The summed E-state index contributed by atoms with van der Waals surface area (Å²) in [5, 5.41) is 11.8. The molecule has 2 N–H and O–H groups in total. The van der Waals surface area contributed by atoms with E-state index < -0.39 is 11.9 Å². The minimum Gasteiger partial charge on any atom is -0.489 e. The molecular weight excluding hydrogens is 310 g/mol. The fraction of sp³-hybridized carbons (Fsp3) is 0.333. The van der Waals surface area contributed by atoms with Gasteiger partial charge < -0.3 is 19.6 Å². The maximum Gasteiger partial charge on any atom is 0.335 e. The number of nitrogens with one attached hydrogen (secondary N) is 1. The van der Waals surface area contributed by atoms with Crippen LogP contribution in [0.15, 0.2) is 28.7 Å². The van der Waals surface area contributed by atoms with Gasteiger partial charge in [-0.1, -0.05) is 6.92 Å². The van der Waals surface area contributed by atoms with Crippen molar-refractivity contribution in [3.8, 4) is 5.75 Å². The van der Waals surface area contributed by atoms with Crippen LogP contribution in [0.2, 0.25) is 0 Å². The number of carboxylic acids is 1. The average molecular weight is 331 g/mol. The molecular formula is C18H21NO5. The Morgan fingerprint density at radius 3 is 2.54 bits per heavy atom. The number of anilines is 1. The SMILES string of the molecule is CCc1oc(C(=O)Nc2cc(C(=O)O)ccc2OC(C)C)cc1C. The standard InChI is InChI=1S/C18H21NO5/c1-5-14-11(4)8-16(24-14)17(20)19-13-9-12(18(21)22)6-7-15(13)23-10(2)3/h6-10H,5H2,1-4H3,(H,19,20)(H,21,22). The van der Waals surface area contributed by atoms with Crippen molar-refractivity contribution in [2.24, 2.45) is 0 Å². The largest absolute Gasteiger partial charge is 0.489 e. The van der Waals surface area contributed by atoms with Crippen LogP contribution in [0.5, 0.6) is 5.75 Å². The van der Waals surface area contributed by atoms with E-state index in [4.69, 9.17) is 14.3 Å². The van der Waals surface area contributed by atoms with Gasteiger partial charge in [0.05, 0.1) is 17.4 Å². The highest BCUT2D eigenvalue weighted by atomic mass is 16.5. The van der Waals surface area contributed by atoms with Crippen molar-refractivity contribution >= 4 is 17.6 Å². The van der Waals surface area contributed by atoms with Gasteiger partial charge in [0, 0.05) is 6.42 Å². The summed E-state index contributed by atoms with van der Waals surface area (Å²) in [7, 11) is 0.